The smallest absolute Gasteiger partial charge is 0.0830 e. The summed E-state index contributed by atoms with van der Waals surface area (Å²) in [6.45, 7) is 8.85. The lowest BCUT2D eigenvalue weighted by Crippen LogP contribution is -2.55. The fraction of sp³-hybridized carbons (Fsp3) is 1.00. The van der Waals surface area contributed by atoms with Crippen molar-refractivity contribution in [2.75, 3.05) is 32.9 Å². The molecule has 3 rings (SSSR count). The molecule has 0 radical (unpaired) electrons. The van der Waals surface area contributed by atoms with Crippen LogP contribution in [0.5, 0.6) is 0 Å². The van der Waals surface area contributed by atoms with Gasteiger partial charge in [-0.2, -0.15) is 0 Å². The Bertz CT molecular complexity index is 334. The third-order valence-corrected chi connectivity index (χ3v) is 5.23. The minimum absolute atomic E-state index is 0.120. The highest BCUT2D eigenvalue weighted by molar-refractivity contribution is 4.84. The van der Waals surface area contributed by atoms with Crippen LogP contribution >= 0.6 is 0 Å². The van der Waals surface area contributed by atoms with E-state index in [-0.39, 0.29) is 6.10 Å². The topological polar surface area (TPSA) is 51.2 Å². The molecule has 3 aliphatic rings. The lowest BCUT2D eigenvalue weighted by molar-refractivity contribution is -0.123. The highest BCUT2D eigenvalue weighted by Crippen LogP contribution is 2.32. The van der Waals surface area contributed by atoms with Crippen LogP contribution in [0, 0.1) is 5.92 Å². The van der Waals surface area contributed by atoms with Crippen LogP contribution in [0.4, 0.5) is 0 Å². The molecular weight excluding hydrogens is 282 g/mol. The van der Waals surface area contributed by atoms with E-state index in [0.29, 0.717) is 43.5 Å². The molecule has 5 nitrogen and oxygen atoms in total. The predicted octanol–water partition coefficient (Wildman–Crippen LogP) is 1.43. The van der Waals surface area contributed by atoms with Gasteiger partial charge in [0.05, 0.1) is 37.6 Å². The summed E-state index contributed by atoms with van der Waals surface area (Å²) in [7, 11) is 0. The highest BCUT2D eigenvalue weighted by atomic mass is 16.5. The molecule has 22 heavy (non-hydrogen) atoms. The van der Waals surface area contributed by atoms with E-state index >= 15 is 0 Å². The molecule has 0 unspecified atom stereocenters. The first-order chi connectivity index (χ1) is 10.6. The average molecular weight is 313 g/mol. The summed E-state index contributed by atoms with van der Waals surface area (Å²) < 4.78 is 17.4. The van der Waals surface area contributed by atoms with Gasteiger partial charge in [0.15, 0.2) is 0 Å². The van der Waals surface area contributed by atoms with E-state index < -0.39 is 0 Å². The molecule has 0 aromatic heterocycles. The van der Waals surface area contributed by atoms with E-state index in [9.17, 15) is 5.11 Å². The van der Waals surface area contributed by atoms with Crippen LogP contribution in [0.2, 0.25) is 0 Å². The maximum absolute atomic E-state index is 9.21. The lowest BCUT2D eigenvalue weighted by Gasteiger charge is -2.42. The standard InChI is InChI=1S/C17H31NO4/c1-12(2)18-9-17(10-18)21-4-3-20-15-5-13(6-15)11-22-16-7-14(19)8-16/h12-17,19H,3-11H2,1-2H3. The van der Waals surface area contributed by atoms with Crippen molar-refractivity contribution in [3.63, 3.8) is 0 Å². The summed E-state index contributed by atoms with van der Waals surface area (Å²) in [5.41, 5.74) is 0. The van der Waals surface area contributed by atoms with Crippen LogP contribution in [-0.2, 0) is 14.2 Å². The number of nitrogens with zero attached hydrogens (tertiary/aromatic N) is 1. The van der Waals surface area contributed by atoms with E-state index in [1.54, 1.807) is 0 Å². The minimum Gasteiger partial charge on any atom is -0.393 e. The van der Waals surface area contributed by atoms with Crippen molar-refractivity contribution in [1.82, 2.24) is 4.90 Å². The molecule has 0 spiro atoms. The second kappa shape index (κ2) is 7.58. The van der Waals surface area contributed by atoms with E-state index in [0.717, 1.165) is 45.4 Å². The summed E-state index contributed by atoms with van der Waals surface area (Å²) in [6, 6.07) is 0.633. The van der Waals surface area contributed by atoms with Gasteiger partial charge in [0.2, 0.25) is 0 Å². The number of aliphatic hydroxyl groups is 1. The molecule has 0 atom stereocenters. The van der Waals surface area contributed by atoms with Crippen molar-refractivity contribution in [3.05, 3.63) is 0 Å². The van der Waals surface area contributed by atoms with Crippen LogP contribution in [-0.4, -0.2) is 73.4 Å². The Balaban J connectivity index is 1.12. The van der Waals surface area contributed by atoms with Gasteiger partial charge in [-0.25, -0.2) is 0 Å². The molecule has 128 valence electrons. The summed E-state index contributed by atoms with van der Waals surface area (Å²) in [4.78, 5) is 2.42. The molecule has 1 aliphatic heterocycles. The van der Waals surface area contributed by atoms with Gasteiger partial charge in [-0.3, -0.25) is 4.90 Å². The van der Waals surface area contributed by atoms with Gasteiger partial charge >= 0.3 is 0 Å². The molecule has 0 bridgehead atoms. The first-order valence-corrected chi connectivity index (χ1v) is 8.87. The Morgan fingerprint density at radius 3 is 2.09 bits per heavy atom. The molecule has 2 aliphatic carbocycles. The molecule has 1 N–H and O–H groups in total. The number of likely N-dealkylation sites (tertiary alicyclic amines) is 1. The van der Waals surface area contributed by atoms with E-state index in [2.05, 4.69) is 18.7 Å². The van der Waals surface area contributed by atoms with Crippen LogP contribution in [0.1, 0.15) is 39.5 Å². The predicted molar refractivity (Wildman–Crippen MR) is 83.9 cm³/mol. The zero-order valence-electron chi connectivity index (χ0n) is 13.9. The summed E-state index contributed by atoms with van der Waals surface area (Å²) in [5.74, 6) is 0.648. The molecule has 2 saturated carbocycles. The fourth-order valence-electron chi connectivity index (χ4n) is 3.32. The zero-order valence-corrected chi connectivity index (χ0v) is 13.9. The minimum atomic E-state index is -0.120. The van der Waals surface area contributed by atoms with Crippen molar-refractivity contribution in [2.45, 2.75) is 70.0 Å². The largest absolute Gasteiger partial charge is 0.393 e. The molecule has 3 fully saturated rings. The van der Waals surface area contributed by atoms with Crippen LogP contribution in [0.3, 0.4) is 0 Å². The Hall–Kier alpha value is -0.200. The van der Waals surface area contributed by atoms with E-state index in [1.807, 2.05) is 0 Å². The van der Waals surface area contributed by atoms with Gasteiger partial charge in [-0.05, 0) is 45.4 Å². The van der Waals surface area contributed by atoms with Crippen LogP contribution in [0.25, 0.3) is 0 Å². The number of hydrogen-bond acceptors (Lipinski definition) is 5. The van der Waals surface area contributed by atoms with Crippen LogP contribution < -0.4 is 0 Å². The molecule has 0 aromatic rings. The molecule has 0 aromatic carbocycles. The van der Waals surface area contributed by atoms with Gasteiger partial charge in [0.1, 0.15) is 0 Å². The van der Waals surface area contributed by atoms with Gasteiger partial charge in [0, 0.05) is 25.7 Å². The van der Waals surface area contributed by atoms with Gasteiger partial charge in [-0.1, -0.05) is 0 Å². The zero-order chi connectivity index (χ0) is 15.5. The third kappa shape index (κ3) is 4.42. The Morgan fingerprint density at radius 2 is 1.50 bits per heavy atom. The maximum atomic E-state index is 9.21. The van der Waals surface area contributed by atoms with Crippen molar-refractivity contribution in [1.29, 1.82) is 0 Å². The van der Waals surface area contributed by atoms with Gasteiger partial charge < -0.3 is 19.3 Å². The number of ether oxygens (including phenoxy) is 3. The average Bonchev–Trinajstić information content (AvgIpc) is 2.33. The Labute approximate surface area is 133 Å². The maximum Gasteiger partial charge on any atom is 0.0830 e. The first-order valence-electron chi connectivity index (χ1n) is 8.87. The molecular formula is C17H31NO4. The summed E-state index contributed by atoms with van der Waals surface area (Å²) in [6.07, 6.45) is 4.85. The number of rotatable bonds is 9. The van der Waals surface area contributed by atoms with E-state index in [4.69, 9.17) is 14.2 Å². The third-order valence-electron chi connectivity index (χ3n) is 5.23. The SMILES string of the molecule is CC(C)N1CC(OCCOC2CC(COC3CC(O)C3)C2)C1. The monoisotopic (exact) mass is 313 g/mol. The summed E-state index contributed by atoms with van der Waals surface area (Å²) >= 11 is 0. The number of aliphatic hydroxyl groups excluding tert-OH is 1. The quantitative estimate of drug-likeness (QED) is 0.653. The van der Waals surface area contributed by atoms with Gasteiger partial charge in [0.25, 0.3) is 0 Å². The van der Waals surface area contributed by atoms with Crippen LogP contribution in [0.15, 0.2) is 0 Å². The Kier molecular flexibility index (Phi) is 5.74. The fourth-order valence-corrected chi connectivity index (χ4v) is 3.32. The summed E-state index contributed by atoms with van der Waals surface area (Å²) in [5, 5.41) is 9.21. The molecule has 1 saturated heterocycles. The first kappa shape index (κ1) is 16.7. The highest BCUT2D eigenvalue weighted by Gasteiger charge is 2.33. The van der Waals surface area contributed by atoms with E-state index in [1.165, 1.54) is 0 Å². The molecule has 0 amide bonds. The lowest BCUT2D eigenvalue weighted by atomic mass is 9.82. The molecule has 5 heteroatoms. The van der Waals surface area contributed by atoms with Gasteiger partial charge in [-0.15, -0.1) is 0 Å². The second-order valence-electron chi connectivity index (χ2n) is 7.45. The number of hydrogen-bond donors (Lipinski definition) is 1. The van der Waals surface area contributed by atoms with Crippen molar-refractivity contribution >= 4 is 0 Å². The van der Waals surface area contributed by atoms with Crippen molar-refractivity contribution in [3.8, 4) is 0 Å². The van der Waals surface area contributed by atoms with Crippen molar-refractivity contribution < 1.29 is 19.3 Å². The second-order valence-corrected chi connectivity index (χ2v) is 7.45. The molecule has 1 heterocycles. The van der Waals surface area contributed by atoms with Crippen molar-refractivity contribution in [2.24, 2.45) is 5.92 Å². The normalized spacial score (nSPS) is 36.0. The Morgan fingerprint density at radius 1 is 0.909 bits per heavy atom.